The maximum Gasteiger partial charge on any atom is 0.179 e. The SMILES string of the molecule is COc1cnc(CCl)cc1OC.Cl. The third kappa shape index (κ3) is 2.94. The van der Waals surface area contributed by atoms with Crippen LogP contribution in [0.5, 0.6) is 11.5 Å². The number of pyridine rings is 1. The molecule has 0 saturated heterocycles. The van der Waals surface area contributed by atoms with E-state index in [-0.39, 0.29) is 12.4 Å². The van der Waals surface area contributed by atoms with Crippen LogP contribution in [0.15, 0.2) is 12.3 Å². The number of methoxy groups -OCH3 is 2. The molecule has 1 rings (SSSR count). The number of nitrogens with zero attached hydrogens (tertiary/aromatic N) is 1. The van der Waals surface area contributed by atoms with Gasteiger partial charge in [-0.3, -0.25) is 4.98 Å². The second-order valence-electron chi connectivity index (χ2n) is 2.16. The molecule has 0 aromatic carbocycles. The van der Waals surface area contributed by atoms with Crippen molar-refractivity contribution in [2.45, 2.75) is 5.88 Å². The van der Waals surface area contributed by atoms with E-state index in [9.17, 15) is 0 Å². The minimum atomic E-state index is 0. The molecule has 13 heavy (non-hydrogen) atoms. The molecule has 0 fully saturated rings. The van der Waals surface area contributed by atoms with E-state index in [1.165, 1.54) is 0 Å². The highest BCUT2D eigenvalue weighted by Gasteiger charge is 2.04. The van der Waals surface area contributed by atoms with Gasteiger partial charge in [-0.2, -0.15) is 0 Å². The molecule has 0 saturated carbocycles. The lowest BCUT2D eigenvalue weighted by atomic mass is 10.3. The lowest BCUT2D eigenvalue weighted by molar-refractivity contribution is 0.353. The van der Waals surface area contributed by atoms with Gasteiger partial charge in [-0.15, -0.1) is 24.0 Å². The highest BCUT2D eigenvalue weighted by Crippen LogP contribution is 2.26. The third-order valence-electron chi connectivity index (χ3n) is 1.46. The number of halogens is 2. The van der Waals surface area contributed by atoms with Gasteiger partial charge in [-0.1, -0.05) is 0 Å². The van der Waals surface area contributed by atoms with Crippen LogP contribution >= 0.6 is 24.0 Å². The van der Waals surface area contributed by atoms with Gasteiger partial charge in [0.25, 0.3) is 0 Å². The smallest absolute Gasteiger partial charge is 0.179 e. The van der Waals surface area contributed by atoms with Crippen molar-refractivity contribution in [3.05, 3.63) is 18.0 Å². The van der Waals surface area contributed by atoms with Crippen molar-refractivity contribution in [3.63, 3.8) is 0 Å². The predicted octanol–water partition coefficient (Wildman–Crippen LogP) is 2.26. The fourth-order valence-corrected chi connectivity index (χ4v) is 0.997. The number of hydrogen-bond donors (Lipinski definition) is 0. The Balaban J connectivity index is 0.00000144. The predicted molar refractivity (Wildman–Crippen MR) is 54.1 cm³/mol. The molecular weight excluding hydrogens is 213 g/mol. The molecule has 0 aliphatic heterocycles. The van der Waals surface area contributed by atoms with Gasteiger partial charge < -0.3 is 9.47 Å². The minimum absolute atomic E-state index is 0. The highest BCUT2D eigenvalue weighted by molar-refractivity contribution is 6.16. The summed E-state index contributed by atoms with van der Waals surface area (Å²) in [5.74, 6) is 1.65. The van der Waals surface area contributed by atoms with E-state index in [0.29, 0.717) is 17.4 Å². The average Bonchev–Trinajstić information content (AvgIpc) is 2.16. The van der Waals surface area contributed by atoms with Gasteiger partial charge in [0.05, 0.1) is 32.0 Å². The van der Waals surface area contributed by atoms with Crippen molar-refractivity contribution in [1.82, 2.24) is 4.98 Å². The maximum absolute atomic E-state index is 5.59. The van der Waals surface area contributed by atoms with E-state index in [2.05, 4.69) is 4.98 Å². The van der Waals surface area contributed by atoms with Gasteiger partial charge in [-0.25, -0.2) is 0 Å². The van der Waals surface area contributed by atoms with Crippen molar-refractivity contribution in [1.29, 1.82) is 0 Å². The molecule has 5 heteroatoms. The molecule has 1 heterocycles. The fourth-order valence-electron chi connectivity index (χ4n) is 0.851. The summed E-state index contributed by atoms with van der Waals surface area (Å²) in [6.07, 6.45) is 1.59. The van der Waals surface area contributed by atoms with Crippen molar-refractivity contribution in [2.75, 3.05) is 14.2 Å². The number of ether oxygens (including phenoxy) is 2. The molecule has 0 atom stereocenters. The van der Waals surface area contributed by atoms with E-state index in [1.807, 2.05) is 0 Å². The van der Waals surface area contributed by atoms with E-state index < -0.39 is 0 Å². The standard InChI is InChI=1S/C8H10ClNO2.ClH/c1-11-7-3-6(4-9)10-5-8(7)12-2;/h3,5H,4H2,1-2H3;1H. The zero-order valence-corrected chi connectivity index (χ0v) is 8.98. The van der Waals surface area contributed by atoms with Crippen LogP contribution in [-0.2, 0) is 5.88 Å². The summed E-state index contributed by atoms with van der Waals surface area (Å²) < 4.78 is 10.1. The van der Waals surface area contributed by atoms with Crippen LogP contribution in [0.3, 0.4) is 0 Å². The molecular formula is C8H11Cl2NO2. The molecule has 74 valence electrons. The first-order valence-corrected chi connectivity index (χ1v) is 3.98. The summed E-state index contributed by atoms with van der Waals surface area (Å²) in [5, 5.41) is 0. The Hall–Kier alpha value is -0.670. The first-order chi connectivity index (χ1) is 5.81. The molecule has 0 radical (unpaired) electrons. The molecule has 0 spiro atoms. The summed E-state index contributed by atoms with van der Waals surface area (Å²) in [6, 6.07) is 1.76. The lowest BCUT2D eigenvalue weighted by Gasteiger charge is -2.06. The van der Waals surface area contributed by atoms with Crippen molar-refractivity contribution < 1.29 is 9.47 Å². The van der Waals surface area contributed by atoms with E-state index in [4.69, 9.17) is 21.1 Å². The first-order valence-electron chi connectivity index (χ1n) is 3.44. The van der Waals surface area contributed by atoms with Gasteiger partial charge in [0.2, 0.25) is 0 Å². The Morgan fingerprint density at radius 1 is 1.31 bits per heavy atom. The maximum atomic E-state index is 5.59. The zero-order chi connectivity index (χ0) is 8.97. The largest absolute Gasteiger partial charge is 0.493 e. The zero-order valence-electron chi connectivity index (χ0n) is 7.41. The van der Waals surface area contributed by atoms with Gasteiger partial charge in [0.1, 0.15) is 0 Å². The number of alkyl halides is 1. The summed E-state index contributed by atoms with van der Waals surface area (Å²) in [7, 11) is 3.15. The van der Waals surface area contributed by atoms with Gasteiger partial charge in [-0.05, 0) is 0 Å². The molecule has 0 amide bonds. The molecule has 0 unspecified atom stereocenters. The number of aromatic nitrogens is 1. The lowest BCUT2D eigenvalue weighted by Crippen LogP contribution is -1.93. The van der Waals surface area contributed by atoms with E-state index in [1.54, 1.807) is 26.5 Å². The number of hydrogen-bond acceptors (Lipinski definition) is 3. The quantitative estimate of drug-likeness (QED) is 0.738. The molecule has 0 N–H and O–H groups in total. The minimum Gasteiger partial charge on any atom is -0.493 e. The Labute approximate surface area is 88.4 Å². The summed E-state index contributed by atoms with van der Waals surface area (Å²) in [4.78, 5) is 4.04. The second-order valence-corrected chi connectivity index (χ2v) is 2.43. The van der Waals surface area contributed by atoms with Crippen LogP contribution in [0.2, 0.25) is 0 Å². The van der Waals surface area contributed by atoms with E-state index in [0.717, 1.165) is 5.69 Å². The van der Waals surface area contributed by atoms with Crippen LogP contribution in [-0.4, -0.2) is 19.2 Å². The molecule has 1 aromatic heterocycles. The summed E-state index contributed by atoms with van der Waals surface area (Å²) in [6.45, 7) is 0. The number of rotatable bonds is 3. The topological polar surface area (TPSA) is 31.4 Å². The van der Waals surface area contributed by atoms with E-state index >= 15 is 0 Å². The highest BCUT2D eigenvalue weighted by atomic mass is 35.5. The Kier molecular flexibility index (Phi) is 5.58. The third-order valence-corrected chi connectivity index (χ3v) is 1.74. The Morgan fingerprint density at radius 2 is 1.92 bits per heavy atom. The van der Waals surface area contributed by atoms with Gasteiger partial charge in [0, 0.05) is 6.07 Å². The Morgan fingerprint density at radius 3 is 2.38 bits per heavy atom. The Bertz CT molecular complexity index is 268. The van der Waals surface area contributed by atoms with Crippen molar-refractivity contribution in [3.8, 4) is 11.5 Å². The van der Waals surface area contributed by atoms with Crippen LogP contribution in [0.1, 0.15) is 5.69 Å². The molecule has 0 aliphatic carbocycles. The van der Waals surface area contributed by atoms with Crippen LogP contribution < -0.4 is 9.47 Å². The average molecular weight is 224 g/mol. The molecule has 3 nitrogen and oxygen atoms in total. The fraction of sp³-hybridized carbons (Fsp3) is 0.375. The molecule has 0 bridgehead atoms. The van der Waals surface area contributed by atoms with Crippen LogP contribution in [0.25, 0.3) is 0 Å². The van der Waals surface area contributed by atoms with Gasteiger partial charge >= 0.3 is 0 Å². The van der Waals surface area contributed by atoms with Crippen molar-refractivity contribution in [2.24, 2.45) is 0 Å². The van der Waals surface area contributed by atoms with Crippen LogP contribution in [0.4, 0.5) is 0 Å². The first kappa shape index (κ1) is 12.3. The molecule has 0 aliphatic rings. The van der Waals surface area contributed by atoms with Crippen LogP contribution in [0, 0.1) is 0 Å². The van der Waals surface area contributed by atoms with Gasteiger partial charge in [0.15, 0.2) is 11.5 Å². The van der Waals surface area contributed by atoms with Crippen molar-refractivity contribution >= 4 is 24.0 Å². The second kappa shape index (κ2) is 5.89. The monoisotopic (exact) mass is 223 g/mol. The normalized spacial score (nSPS) is 8.85. The summed E-state index contributed by atoms with van der Waals surface area (Å²) in [5.41, 5.74) is 0.773. The molecule has 1 aromatic rings. The summed E-state index contributed by atoms with van der Waals surface area (Å²) >= 11 is 5.59.